The van der Waals surface area contributed by atoms with Crippen molar-refractivity contribution in [3.05, 3.63) is 30.1 Å². The number of ether oxygens (including phenoxy) is 1. The van der Waals surface area contributed by atoms with Crippen molar-refractivity contribution in [2.24, 2.45) is 10.9 Å². The number of hydrogen-bond donors (Lipinski definition) is 1. The molecule has 0 bridgehead atoms. The lowest BCUT2D eigenvalue weighted by Gasteiger charge is -2.37. The summed E-state index contributed by atoms with van der Waals surface area (Å²) < 4.78 is 7.79. The van der Waals surface area contributed by atoms with E-state index in [1.54, 1.807) is 0 Å². The summed E-state index contributed by atoms with van der Waals surface area (Å²) in [5.41, 5.74) is 2.26. The van der Waals surface area contributed by atoms with Gasteiger partial charge >= 0.3 is 0 Å². The molecule has 0 radical (unpaired) electrons. The third-order valence-corrected chi connectivity index (χ3v) is 5.89. The van der Waals surface area contributed by atoms with Crippen LogP contribution in [0.15, 0.2) is 29.3 Å². The van der Waals surface area contributed by atoms with Crippen molar-refractivity contribution in [3.8, 4) is 0 Å². The summed E-state index contributed by atoms with van der Waals surface area (Å²) in [6.07, 6.45) is 1.21. The van der Waals surface area contributed by atoms with E-state index in [0.717, 1.165) is 75.7 Å². The van der Waals surface area contributed by atoms with Crippen molar-refractivity contribution < 1.29 is 4.74 Å². The largest absolute Gasteiger partial charge is 0.381 e. The Morgan fingerprint density at radius 2 is 2.07 bits per heavy atom. The summed E-state index contributed by atoms with van der Waals surface area (Å²) in [6, 6.07) is 8.32. The van der Waals surface area contributed by atoms with E-state index < -0.39 is 0 Å². The number of fused-ring (bicyclic) bond motifs is 1. The minimum absolute atomic E-state index is 0.720. The first-order chi connectivity index (χ1) is 13.7. The van der Waals surface area contributed by atoms with Crippen molar-refractivity contribution in [2.45, 2.75) is 19.9 Å². The number of nitrogens with one attached hydrogen (secondary N) is 1. The molecule has 0 saturated carbocycles. The molecule has 1 unspecified atom stereocenters. The van der Waals surface area contributed by atoms with Crippen LogP contribution in [-0.2, 0) is 11.3 Å². The highest BCUT2D eigenvalue weighted by atomic mass is 16.5. The topological polar surface area (TPSA) is 57.9 Å². The Bertz CT molecular complexity index is 802. The predicted octanol–water partition coefficient (Wildman–Crippen LogP) is 1.57. The maximum Gasteiger partial charge on any atom is 0.193 e. The van der Waals surface area contributed by atoms with Gasteiger partial charge in [-0.3, -0.25) is 9.89 Å². The third kappa shape index (κ3) is 4.31. The molecule has 28 heavy (non-hydrogen) atoms. The zero-order valence-corrected chi connectivity index (χ0v) is 17.1. The van der Waals surface area contributed by atoms with Gasteiger partial charge in [0.1, 0.15) is 5.82 Å². The molecule has 3 heterocycles. The Morgan fingerprint density at radius 1 is 1.25 bits per heavy atom. The number of aliphatic imine (C=N–C) groups is 1. The van der Waals surface area contributed by atoms with E-state index >= 15 is 0 Å². The molecule has 0 spiro atoms. The molecule has 1 aromatic carbocycles. The summed E-state index contributed by atoms with van der Waals surface area (Å²) >= 11 is 0. The van der Waals surface area contributed by atoms with Gasteiger partial charge < -0.3 is 19.5 Å². The van der Waals surface area contributed by atoms with Crippen LogP contribution >= 0.6 is 0 Å². The molecule has 152 valence electrons. The Morgan fingerprint density at radius 3 is 2.82 bits per heavy atom. The second kappa shape index (κ2) is 8.92. The molecular weight excluding hydrogens is 352 g/mol. The first-order valence-electron chi connectivity index (χ1n) is 10.4. The number of para-hydroxylation sites is 2. The van der Waals surface area contributed by atoms with Crippen molar-refractivity contribution in [1.82, 2.24) is 24.7 Å². The van der Waals surface area contributed by atoms with Crippen LogP contribution in [0.4, 0.5) is 0 Å². The fourth-order valence-electron chi connectivity index (χ4n) is 4.32. The Hall–Kier alpha value is -2.12. The number of rotatable bonds is 5. The van der Waals surface area contributed by atoms with Gasteiger partial charge in [0.15, 0.2) is 5.96 Å². The van der Waals surface area contributed by atoms with E-state index in [2.05, 4.69) is 54.8 Å². The van der Waals surface area contributed by atoms with E-state index in [4.69, 9.17) is 4.74 Å². The summed E-state index contributed by atoms with van der Waals surface area (Å²) in [5.74, 6) is 2.78. The maximum atomic E-state index is 5.51. The maximum absolute atomic E-state index is 5.51. The SMILES string of the molecule is CN=C(NCCn1c(C)nc2ccccc21)N1CCN(CC2CCOC2)CC1. The number of nitrogens with zero attached hydrogens (tertiary/aromatic N) is 5. The average Bonchev–Trinajstić information content (AvgIpc) is 3.33. The van der Waals surface area contributed by atoms with Crippen LogP contribution in [0.25, 0.3) is 11.0 Å². The lowest BCUT2D eigenvalue weighted by molar-refractivity contribution is 0.139. The molecule has 7 nitrogen and oxygen atoms in total. The molecule has 2 fully saturated rings. The zero-order chi connectivity index (χ0) is 19.3. The molecule has 1 N–H and O–H groups in total. The molecular formula is C21H32N6O. The first-order valence-corrected chi connectivity index (χ1v) is 10.4. The molecule has 2 aromatic rings. The fourth-order valence-corrected chi connectivity index (χ4v) is 4.32. The van der Waals surface area contributed by atoms with Crippen LogP contribution in [0.1, 0.15) is 12.2 Å². The van der Waals surface area contributed by atoms with Crippen LogP contribution in [0.3, 0.4) is 0 Å². The highest BCUT2D eigenvalue weighted by Gasteiger charge is 2.24. The summed E-state index contributed by atoms with van der Waals surface area (Å²) in [7, 11) is 1.88. The van der Waals surface area contributed by atoms with E-state index in [1.165, 1.54) is 18.5 Å². The Labute approximate surface area is 167 Å². The molecule has 4 rings (SSSR count). The molecule has 7 heteroatoms. The van der Waals surface area contributed by atoms with E-state index in [9.17, 15) is 0 Å². The molecule has 0 amide bonds. The minimum Gasteiger partial charge on any atom is -0.381 e. The smallest absolute Gasteiger partial charge is 0.193 e. The normalized spacial score (nSPS) is 21.6. The fraction of sp³-hybridized carbons (Fsp3) is 0.619. The molecule has 0 aliphatic carbocycles. The molecule has 2 aliphatic heterocycles. The van der Waals surface area contributed by atoms with Crippen molar-refractivity contribution >= 4 is 17.0 Å². The quantitative estimate of drug-likeness (QED) is 0.627. The minimum atomic E-state index is 0.720. The van der Waals surface area contributed by atoms with E-state index in [1.807, 2.05) is 13.1 Å². The van der Waals surface area contributed by atoms with Gasteiger partial charge in [-0.15, -0.1) is 0 Å². The average molecular weight is 385 g/mol. The third-order valence-electron chi connectivity index (χ3n) is 5.89. The Balaban J connectivity index is 1.26. The number of imidazole rings is 1. The van der Waals surface area contributed by atoms with Gasteiger partial charge in [0, 0.05) is 59.5 Å². The summed E-state index contributed by atoms with van der Waals surface area (Å²) in [6.45, 7) is 11.1. The van der Waals surface area contributed by atoms with Crippen molar-refractivity contribution in [2.75, 3.05) is 59.5 Å². The highest BCUT2D eigenvalue weighted by molar-refractivity contribution is 5.80. The van der Waals surface area contributed by atoms with Crippen molar-refractivity contribution in [3.63, 3.8) is 0 Å². The standard InChI is InChI=1S/C21H32N6O/c1-17-24-19-5-3-4-6-20(19)27(17)9-8-23-21(22-2)26-12-10-25(11-13-26)15-18-7-14-28-16-18/h3-6,18H,7-16H2,1-2H3,(H,22,23). The van der Waals surface area contributed by atoms with Gasteiger partial charge in [0.2, 0.25) is 0 Å². The second-order valence-electron chi connectivity index (χ2n) is 7.79. The van der Waals surface area contributed by atoms with Gasteiger partial charge in [-0.2, -0.15) is 0 Å². The predicted molar refractivity (Wildman–Crippen MR) is 113 cm³/mol. The van der Waals surface area contributed by atoms with Gasteiger partial charge in [-0.25, -0.2) is 4.98 Å². The molecule has 2 aliphatic rings. The van der Waals surface area contributed by atoms with Crippen LogP contribution in [0, 0.1) is 12.8 Å². The Kier molecular flexibility index (Phi) is 6.12. The molecule has 1 aromatic heterocycles. The zero-order valence-electron chi connectivity index (χ0n) is 17.1. The van der Waals surface area contributed by atoms with Crippen molar-refractivity contribution in [1.29, 1.82) is 0 Å². The van der Waals surface area contributed by atoms with E-state index in [0.29, 0.717) is 0 Å². The number of aryl methyl sites for hydroxylation is 1. The lowest BCUT2D eigenvalue weighted by atomic mass is 10.1. The molecule has 2 saturated heterocycles. The first kappa shape index (κ1) is 19.2. The van der Waals surface area contributed by atoms with E-state index in [-0.39, 0.29) is 0 Å². The lowest BCUT2D eigenvalue weighted by Crippen LogP contribution is -2.53. The second-order valence-corrected chi connectivity index (χ2v) is 7.79. The summed E-state index contributed by atoms with van der Waals surface area (Å²) in [4.78, 5) is 14.1. The number of piperazine rings is 1. The van der Waals surface area contributed by atoms with Gasteiger partial charge in [-0.05, 0) is 31.4 Å². The van der Waals surface area contributed by atoms with Crippen LogP contribution in [0.5, 0.6) is 0 Å². The number of benzene rings is 1. The number of guanidine groups is 1. The van der Waals surface area contributed by atoms with Gasteiger partial charge in [0.05, 0.1) is 17.6 Å². The van der Waals surface area contributed by atoms with Crippen LogP contribution in [0.2, 0.25) is 0 Å². The monoisotopic (exact) mass is 384 g/mol. The number of aromatic nitrogens is 2. The van der Waals surface area contributed by atoms with Crippen LogP contribution in [-0.4, -0.2) is 84.8 Å². The highest BCUT2D eigenvalue weighted by Crippen LogP contribution is 2.16. The molecule has 1 atom stereocenters. The summed E-state index contributed by atoms with van der Waals surface area (Å²) in [5, 5.41) is 3.55. The number of hydrogen-bond acceptors (Lipinski definition) is 4. The van der Waals surface area contributed by atoms with Gasteiger partial charge in [0.25, 0.3) is 0 Å². The van der Waals surface area contributed by atoms with Gasteiger partial charge in [-0.1, -0.05) is 12.1 Å². The van der Waals surface area contributed by atoms with Crippen LogP contribution < -0.4 is 5.32 Å².